The average Bonchev–Trinajstić information content (AvgIpc) is 2.78. The minimum Gasteiger partial charge on any atom is -0.495 e. The first-order valence-electron chi connectivity index (χ1n) is 9.57. The molecule has 0 saturated carbocycles. The standard InChI is InChI=1S/C23H19N3O5S/c1-31-21-12-5-4-11-20(21)26-32(29,30)16-8-6-7-15(13-16)24-23(28)18-14-22(27)25-19-10-3-2-9-17(18)19/h2-14,26H,1H3,(H,24,28)(H,25,27). The Hall–Kier alpha value is -4.11. The number of para-hydroxylation sites is 3. The topological polar surface area (TPSA) is 117 Å². The van der Waals surface area contributed by atoms with E-state index in [0.717, 1.165) is 0 Å². The fourth-order valence-electron chi connectivity index (χ4n) is 3.26. The lowest BCUT2D eigenvalue weighted by molar-refractivity contribution is 0.102. The van der Waals surface area contributed by atoms with Crippen molar-refractivity contribution in [2.75, 3.05) is 17.1 Å². The first-order chi connectivity index (χ1) is 15.4. The molecular weight excluding hydrogens is 430 g/mol. The van der Waals surface area contributed by atoms with Crippen LogP contribution in [-0.2, 0) is 10.0 Å². The number of carbonyl (C=O) groups is 1. The molecule has 0 aliphatic carbocycles. The first-order valence-corrected chi connectivity index (χ1v) is 11.0. The molecule has 0 atom stereocenters. The van der Waals surface area contributed by atoms with Crippen molar-refractivity contribution < 1.29 is 17.9 Å². The van der Waals surface area contributed by atoms with Gasteiger partial charge in [0.2, 0.25) is 5.56 Å². The van der Waals surface area contributed by atoms with Crippen LogP contribution in [0.15, 0.2) is 88.6 Å². The minimum atomic E-state index is -3.95. The van der Waals surface area contributed by atoms with E-state index in [-0.39, 0.29) is 16.1 Å². The van der Waals surface area contributed by atoms with Crippen LogP contribution in [0.1, 0.15) is 10.4 Å². The van der Waals surface area contributed by atoms with Crippen LogP contribution >= 0.6 is 0 Å². The SMILES string of the molecule is COc1ccccc1NS(=O)(=O)c1cccc(NC(=O)c2cc(=O)[nH]c3ccccc23)c1. The molecule has 4 aromatic rings. The molecule has 0 spiro atoms. The van der Waals surface area contributed by atoms with Gasteiger partial charge < -0.3 is 15.0 Å². The summed E-state index contributed by atoms with van der Waals surface area (Å²) < 4.78 is 33.4. The third-order valence-electron chi connectivity index (χ3n) is 4.75. The van der Waals surface area contributed by atoms with E-state index in [2.05, 4.69) is 15.0 Å². The number of benzene rings is 3. The quantitative estimate of drug-likeness (QED) is 0.416. The van der Waals surface area contributed by atoms with Gasteiger partial charge in [0, 0.05) is 22.7 Å². The molecule has 1 aromatic heterocycles. The van der Waals surface area contributed by atoms with Crippen molar-refractivity contribution >= 4 is 38.2 Å². The van der Waals surface area contributed by atoms with Gasteiger partial charge in [0.05, 0.1) is 23.3 Å². The van der Waals surface area contributed by atoms with E-state index < -0.39 is 21.5 Å². The molecule has 0 radical (unpaired) electrons. The average molecular weight is 449 g/mol. The van der Waals surface area contributed by atoms with Crippen molar-refractivity contribution in [1.29, 1.82) is 0 Å². The summed E-state index contributed by atoms with van der Waals surface area (Å²) in [6, 6.07) is 20.6. The zero-order chi connectivity index (χ0) is 22.7. The zero-order valence-corrected chi connectivity index (χ0v) is 17.8. The molecule has 8 nitrogen and oxygen atoms in total. The number of hydrogen-bond donors (Lipinski definition) is 3. The normalized spacial score (nSPS) is 11.2. The number of nitrogens with one attached hydrogen (secondary N) is 3. The number of rotatable bonds is 6. The summed E-state index contributed by atoms with van der Waals surface area (Å²) in [6.45, 7) is 0. The number of H-pyrrole nitrogens is 1. The number of sulfonamides is 1. The van der Waals surface area contributed by atoms with Crippen LogP contribution in [0, 0.1) is 0 Å². The van der Waals surface area contributed by atoms with Crippen LogP contribution < -0.4 is 20.3 Å². The molecule has 0 aliphatic rings. The highest BCUT2D eigenvalue weighted by Gasteiger charge is 2.18. The van der Waals surface area contributed by atoms with E-state index >= 15 is 0 Å². The Morgan fingerprint density at radius 1 is 0.938 bits per heavy atom. The summed E-state index contributed by atoms with van der Waals surface area (Å²) in [5.41, 5.74) is 0.861. The lowest BCUT2D eigenvalue weighted by Crippen LogP contribution is -2.18. The van der Waals surface area contributed by atoms with Gasteiger partial charge in [-0.15, -0.1) is 0 Å². The molecule has 0 bridgehead atoms. The Bertz CT molecular complexity index is 1480. The van der Waals surface area contributed by atoms with E-state index in [4.69, 9.17) is 4.74 Å². The van der Waals surface area contributed by atoms with Gasteiger partial charge in [0.15, 0.2) is 0 Å². The number of pyridine rings is 1. The summed E-state index contributed by atoms with van der Waals surface area (Å²) in [5.74, 6) is -0.152. The van der Waals surface area contributed by atoms with E-state index in [1.807, 2.05) is 0 Å². The van der Waals surface area contributed by atoms with Gasteiger partial charge in [-0.05, 0) is 36.4 Å². The fraction of sp³-hybridized carbons (Fsp3) is 0.0435. The van der Waals surface area contributed by atoms with Gasteiger partial charge >= 0.3 is 0 Å². The molecule has 162 valence electrons. The van der Waals surface area contributed by atoms with E-state index in [9.17, 15) is 18.0 Å². The Kier molecular flexibility index (Phi) is 5.65. The second-order valence-electron chi connectivity index (χ2n) is 6.88. The Balaban J connectivity index is 1.63. The number of ether oxygens (including phenoxy) is 1. The third-order valence-corrected chi connectivity index (χ3v) is 6.11. The lowest BCUT2D eigenvalue weighted by Gasteiger charge is -2.13. The molecule has 0 saturated heterocycles. The van der Waals surface area contributed by atoms with E-state index in [0.29, 0.717) is 22.3 Å². The number of hydrogen-bond acceptors (Lipinski definition) is 5. The molecule has 0 unspecified atom stereocenters. The van der Waals surface area contributed by atoms with Gasteiger partial charge in [-0.1, -0.05) is 36.4 Å². The van der Waals surface area contributed by atoms with Crippen LogP contribution in [0.4, 0.5) is 11.4 Å². The van der Waals surface area contributed by atoms with Crippen LogP contribution in [0.5, 0.6) is 5.75 Å². The smallest absolute Gasteiger partial charge is 0.262 e. The van der Waals surface area contributed by atoms with Crippen molar-refractivity contribution in [2.45, 2.75) is 4.90 Å². The van der Waals surface area contributed by atoms with Crippen LogP contribution in [0.3, 0.4) is 0 Å². The highest BCUT2D eigenvalue weighted by Crippen LogP contribution is 2.27. The number of anilines is 2. The second-order valence-corrected chi connectivity index (χ2v) is 8.56. The highest BCUT2D eigenvalue weighted by atomic mass is 32.2. The maximum absolute atomic E-state index is 12.9. The molecule has 1 heterocycles. The summed E-state index contributed by atoms with van der Waals surface area (Å²) in [4.78, 5) is 27.4. The Morgan fingerprint density at radius 3 is 2.50 bits per heavy atom. The van der Waals surface area contributed by atoms with Crippen LogP contribution in [-0.4, -0.2) is 26.4 Å². The molecule has 3 N–H and O–H groups in total. The second kappa shape index (κ2) is 8.56. The zero-order valence-electron chi connectivity index (χ0n) is 17.0. The molecule has 9 heteroatoms. The number of methoxy groups -OCH3 is 1. The molecule has 1 amide bonds. The van der Waals surface area contributed by atoms with Crippen LogP contribution in [0.2, 0.25) is 0 Å². The highest BCUT2D eigenvalue weighted by molar-refractivity contribution is 7.92. The Labute approximate surface area is 183 Å². The Morgan fingerprint density at radius 2 is 1.69 bits per heavy atom. The molecule has 4 rings (SSSR count). The van der Waals surface area contributed by atoms with E-state index in [1.165, 1.54) is 31.4 Å². The first kappa shape index (κ1) is 21.1. The molecule has 3 aromatic carbocycles. The summed E-state index contributed by atoms with van der Waals surface area (Å²) in [5, 5.41) is 3.24. The monoisotopic (exact) mass is 449 g/mol. The van der Waals surface area contributed by atoms with Crippen molar-refractivity contribution in [2.24, 2.45) is 0 Å². The summed E-state index contributed by atoms with van der Waals surface area (Å²) >= 11 is 0. The van der Waals surface area contributed by atoms with Gasteiger partial charge in [-0.2, -0.15) is 0 Å². The fourth-order valence-corrected chi connectivity index (χ4v) is 4.38. The minimum absolute atomic E-state index is 0.0445. The van der Waals surface area contributed by atoms with Gasteiger partial charge in [0.25, 0.3) is 15.9 Å². The largest absolute Gasteiger partial charge is 0.495 e. The molecule has 32 heavy (non-hydrogen) atoms. The predicted octanol–water partition coefficient (Wildman–Crippen LogP) is 3.59. The summed E-state index contributed by atoms with van der Waals surface area (Å²) in [6.07, 6.45) is 0. The number of amides is 1. The van der Waals surface area contributed by atoms with Gasteiger partial charge in [0.1, 0.15) is 5.75 Å². The molecule has 0 aliphatic heterocycles. The maximum Gasteiger partial charge on any atom is 0.262 e. The number of aromatic nitrogens is 1. The van der Waals surface area contributed by atoms with Crippen molar-refractivity contribution in [3.63, 3.8) is 0 Å². The lowest BCUT2D eigenvalue weighted by atomic mass is 10.1. The number of carbonyl (C=O) groups excluding carboxylic acids is 1. The van der Waals surface area contributed by atoms with Gasteiger partial charge in [-0.3, -0.25) is 14.3 Å². The summed E-state index contributed by atoms with van der Waals surface area (Å²) in [7, 11) is -2.50. The molecule has 0 fully saturated rings. The van der Waals surface area contributed by atoms with Crippen molar-refractivity contribution in [3.8, 4) is 5.75 Å². The molecular formula is C23H19N3O5S. The number of aromatic amines is 1. The van der Waals surface area contributed by atoms with Crippen LogP contribution in [0.25, 0.3) is 10.9 Å². The van der Waals surface area contributed by atoms with Crippen molar-refractivity contribution in [1.82, 2.24) is 4.98 Å². The maximum atomic E-state index is 12.9. The van der Waals surface area contributed by atoms with Crippen molar-refractivity contribution in [3.05, 3.63) is 94.8 Å². The predicted molar refractivity (Wildman–Crippen MR) is 123 cm³/mol. The third kappa shape index (κ3) is 4.33. The van der Waals surface area contributed by atoms with Gasteiger partial charge in [-0.25, -0.2) is 8.42 Å². The van der Waals surface area contributed by atoms with E-state index in [1.54, 1.807) is 54.6 Å². The number of fused-ring (bicyclic) bond motifs is 1.